The molecule has 194 valence electrons. The van der Waals surface area contributed by atoms with Crippen LogP contribution in [0.5, 0.6) is 0 Å². The zero-order valence-electron chi connectivity index (χ0n) is 23.0. The van der Waals surface area contributed by atoms with Crippen molar-refractivity contribution in [3.8, 4) is 0 Å². The monoisotopic (exact) mass is 474 g/mol. The van der Waals surface area contributed by atoms with E-state index >= 15 is 0 Å². The second kappa shape index (κ2) is 7.32. The minimum Gasteiger partial charge on any atom is -0.393 e. The summed E-state index contributed by atoms with van der Waals surface area (Å²) in [7, 11) is 0. The summed E-state index contributed by atoms with van der Waals surface area (Å²) in [5.41, 5.74) is -1.03. The van der Waals surface area contributed by atoms with Crippen molar-refractivity contribution in [3.05, 3.63) is 0 Å². The number of aliphatic hydroxyl groups is 2. The molecule has 0 aromatic carbocycles. The van der Waals surface area contributed by atoms with Crippen molar-refractivity contribution in [3.63, 3.8) is 0 Å². The molecule has 5 fully saturated rings. The van der Waals surface area contributed by atoms with Crippen LogP contribution in [0.15, 0.2) is 0 Å². The zero-order valence-corrected chi connectivity index (χ0v) is 23.0. The molecule has 34 heavy (non-hydrogen) atoms. The molecule has 1 saturated heterocycles. The molecule has 0 amide bonds. The second-order valence-electron chi connectivity index (χ2n) is 15.2. The van der Waals surface area contributed by atoms with Crippen molar-refractivity contribution in [2.24, 2.45) is 45.3 Å². The van der Waals surface area contributed by atoms with Crippen molar-refractivity contribution in [1.29, 1.82) is 0 Å². The average Bonchev–Trinajstić information content (AvgIpc) is 3.30. The fraction of sp³-hybridized carbons (Fsp3) is 0.967. The number of rotatable bonds is 2. The third kappa shape index (κ3) is 3.09. The summed E-state index contributed by atoms with van der Waals surface area (Å²) in [5.74, 6) is 1.85. The number of fused-ring (bicyclic) bond motifs is 5. The van der Waals surface area contributed by atoms with E-state index in [0.717, 1.165) is 51.4 Å². The molecule has 4 heteroatoms. The fourth-order valence-electron chi connectivity index (χ4n) is 10.9. The highest BCUT2D eigenvalue weighted by Crippen LogP contribution is 2.75. The van der Waals surface area contributed by atoms with Gasteiger partial charge < -0.3 is 14.9 Å². The van der Waals surface area contributed by atoms with E-state index in [9.17, 15) is 15.0 Å². The highest BCUT2D eigenvalue weighted by Gasteiger charge is 2.71. The Morgan fingerprint density at radius 3 is 2.15 bits per heavy atom. The zero-order chi connectivity index (χ0) is 25.1. The van der Waals surface area contributed by atoms with E-state index in [1.807, 2.05) is 13.8 Å². The van der Waals surface area contributed by atoms with Crippen LogP contribution in [0.25, 0.3) is 0 Å². The van der Waals surface area contributed by atoms with Crippen LogP contribution in [-0.4, -0.2) is 39.4 Å². The van der Waals surface area contributed by atoms with E-state index in [1.54, 1.807) is 0 Å². The Balaban J connectivity index is 1.49. The second-order valence-corrected chi connectivity index (χ2v) is 15.2. The quantitative estimate of drug-likeness (QED) is 0.521. The van der Waals surface area contributed by atoms with Gasteiger partial charge in [-0.25, -0.2) is 0 Å². The minimum atomic E-state index is -0.833. The van der Waals surface area contributed by atoms with Crippen LogP contribution >= 0.6 is 0 Å². The summed E-state index contributed by atoms with van der Waals surface area (Å²) in [4.78, 5) is 12.9. The first-order chi connectivity index (χ1) is 15.5. The Hall–Kier alpha value is -0.450. The molecule has 4 unspecified atom stereocenters. The van der Waals surface area contributed by atoms with Crippen LogP contribution in [0.2, 0.25) is 0 Å². The molecule has 1 aliphatic heterocycles. The van der Waals surface area contributed by atoms with Crippen LogP contribution in [0.1, 0.15) is 113 Å². The first-order valence-electron chi connectivity index (χ1n) is 14.1. The molecule has 0 radical (unpaired) electrons. The van der Waals surface area contributed by atoms with Gasteiger partial charge in [-0.15, -0.1) is 0 Å². The lowest BCUT2D eigenvalue weighted by Gasteiger charge is -2.69. The van der Waals surface area contributed by atoms with Crippen LogP contribution in [0, 0.1) is 45.3 Å². The van der Waals surface area contributed by atoms with Gasteiger partial charge in [-0.2, -0.15) is 0 Å². The molecule has 0 aromatic rings. The molecule has 0 bridgehead atoms. The van der Waals surface area contributed by atoms with Gasteiger partial charge in [-0.3, -0.25) is 4.79 Å². The summed E-state index contributed by atoms with van der Waals surface area (Å²) in [6.45, 7) is 17.8. The lowest BCUT2D eigenvalue weighted by Crippen LogP contribution is -2.66. The number of aliphatic hydroxyl groups excluding tert-OH is 1. The van der Waals surface area contributed by atoms with Crippen LogP contribution in [-0.2, 0) is 9.53 Å². The fourth-order valence-corrected chi connectivity index (χ4v) is 10.9. The maximum absolute atomic E-state index is 12.9. The molecule has 5 aliphatic rings. The predicted octanol–water partition coefficient (Wildman–Crippen LogP) is 5.92. The summed E-state index contributed by atoms with van der Waals surface area (Å²) in [6, 6.07) is 0. The van der Waals surface area contributed by atoms with Crippen molar-refractivity contribution in [2.45, 2.75) is 137 Å². The van der Waals surface area contributed by atoms with E-state index in [-0.39, 0.29) is 45.4 Å². The Kier molecular flexibility index (Phi) is 5.42. The van der Waals surface area contributed by atoms with Crippen LogP contribution < -0.4 is 0 Å². The summed E-state index contributed by atoms with van der Waals surface area (Å²) >= 11 is 0. The van der Waals surface area contributed by atoms with Gasteiger partial charge in [0.25, 0.3) is 0 Å². The highest BCUT2D eigenvalue weighted by atomic mass is 16.5. The third-order valence-corrected chi connectivity index (χ3v) is 13.0. The SMILES string of the molecule is CC(C)(O)C1CC[C@@](C)([C@H]2CC[C@]3(C)C2[C@H](O)CC2[C@@]4(C)CCC(=O)C(C)(C)C4CC[C@]23C)O1. The molecule has 5 rings (SSSR count). The summed E-state index contributed by atoms with van der Waals surface area (Å²) < 4.78 is 6.65. The molecule has 0 aromatic heterocycles. The van der Waals surface area contributed by atoms with Gasteiger partial charge in [0.1, 0.15) is 5.78 Å². The standard InChI is InChI=1S/C30H50O4/c1-25(2)20-10-15-28(6)21(27(20,5)13-11-22(25)32)17-19(31)24-18(9-14-29(24,28)7)30(8)16-12-23(34-30)26(3,4)33/h18-21,23-24,31,33H,9-17H2,1-8H3/t18-,19+,20?,21?,23?,24?,27-,28+,29+,30-/m0/s1. The minimum absolute atomic E-state index is 0.0682. The van der Waals surface area contributed by atoms with Crippen LogP contribution in [0.4, 0.5) is 0 Å². The van der Waals surface area contributed by atoms with E-state index in [2.05, 4.69) is 41.5 Å². The van der Waals surface area contributed by atoms with Crippen LogP contribution in [0.3, 0.4) is 0 Å². The molecule has 4 nitrogen and oxygen atoms in total. The topological polar surface area (TPSA) is 66.8 Å². The molecule has 1 heterocycles. The highest BCUT2D eigenvalue weighted by molar-refractivity contribution is 5.85. The molecule has 0 spiro atoms. The summed E-state index contributed by atoms with van der Waals surface area (Å²) in [6.07, 6.45) is 8.43. The molecule has 4 aliphatic carbocycles. The number of ether oxygens (including phenoxy) is 1. The summed E-state index contributed by atoms with van der Waals surface area (Å²) in [5, 5.41) is 22.5. The first-order valence-corrected chi connectivity index (χ1v) is 14.1. The maximum atomic E-state index is 12.9. The molecule has 10 atom stereocenters. The predicted molar refractivity (Wildman–Crippen MR) is 134 cm³/mol. The Morgan fingerprint density at radius 1 is 0.882 bits per heavy atom. The smallest absolute Gasteiger partial charge is 0.138 e. The van der Waals surface area contributed by atoms with Crippen molar-refractivity contribution in [2.75, 3.05) is 0 Å². The van der Waals surface area contributed by atoms with Gasteiger partial charge >= 0.3 is 0 Å². The molecular weight excluding hydrogens is 424 g/mol. The Bertz CT molecular complexity index is 858. The molecule has 4 saturated carbocycles. The van der Waals surface area contributed by atoms with Crippen molar-refractivity contribution >= 4 is 5.78 Å². The Morgan fingerprint density at radius 2 is 1.53 bits per heavy atom. The lowest BCUT2D eigenvalue weighted by molar-refractivity contribution is -0.235. The Labute approximate surface area is 207 Å². The maximum Gasteiger partial charge on any atom is 0.138 e. The average molecular weight is 475 g/mol. The van der Waals surface area contributed by atoms with E-state index < -0.39 is 5.60 Å². The number of ketones is 1. The molecule has 2 N–H and O–H groups in total. The van der Waals surface area contributed by atoms with E-state index in [1.165, 1.54) is 0 Å². The van der Waals surface area contributed by atoms with Gasteiger partial charge in [-0.05, 0) is 112 Å². The normalized spacial score (nSPS) is 54.9. The van der Waals surface area contributed by atoms with Gasteiger partial charge in [0, 0.05) is 11.8 Å². The first kappa shape index (κ1) is 25.2. The van der Waals surface area contributed by atoms with Gasteiger partial charge in [0.15, 0.2) is 0 Å². The third-order valence-electron chi connectivity index (χ3n) is 13.0. The molecular formula is C30H50O4. The van der Waals surface area contributed by atoms with Gasteiger partial charge in [0.2, 0.25) is 0 Å². The number of carbonyl (C=O) groups is 1. The number of hydrogen-bond donors (Lipinski definition) is 2. The van der Waals surface area contributed by atoms with Gasteiger partial charge in [0.05, 0.1) is 23.4 Å². The van der Waals surface area contributed by atoms with Gasteiger partial charge in [-0.1, -0.05) is 34.6 Å². The number of carbonyl (C=O) groups excluding carboxylic acids is 1. The number of hydrogen-bond acceptors (Lipinski definition) is 4. The van der Waals surface area contributed by atoms with E-state index in [4.69, 9.17) is 4.74 Å². The van der Waals surface area contributed by atoms with E-state index in [0.29, 0.717) is 30.0 Å². The largest absolute Gasteiger partial charge is 0.393 e. The van der Waals surface area contributed by atoms with Crippen molar-refractivity contribution in [1.82, 2.24) is 0 Å². The number of Topliss-reactive ketones (excluding diaryl/α,β-unsaturated/α-hetero) is 1. The lowest BCUT2D eigenvalue weighted by atomic mass is 9.35. The van der Waals surface area contributed by atoms with Crippen molar-refractivity contribution < 1.29 is 19.7 Å².